The third-order valence-corrected chi connectivity index (χ3v) is 6.05. The molecule has 1 aromatic rings. The first-order valence-electron chi connectivity index (χ1n) is 11.8. The number of rotatable bonds is 6. The molecule has 0 radical (unpaired) electrons. The number of para-hydroxylation sites is 1. The lowest BCUT2D eigenvalue weighted by Gasteiger charge is -2.39. The lowest BCUT2D eigenvalue weighted by Crippen LogP contribution is -2.61. The van der Waals surface area contributed by atoms with Crippen LogP contribution in [0.3, 0.4) is 0 Å². The van der Waals surface area contributed by atoms with Crippen LogP contribution in [0.1, 0.15) is 53.5 Å². The van der Waals surface area contributed by atoms with Crippen LogP contribution in [0.25, 0.3) is 0 Å². The number of amides is 2. The van der Waals surface area contributed by atoms with Gasteiger partial charge in [-0.2, -0.15) is 0 Å². The molecule has 194 valence electrons. The van der Waals surface area contributed by atoms with Gasteiger partial charge in [0.2, 0.25) is 0 Å². The maximum Gasteiger partial charge on any atom is 0.421 e. The van der Waals surface area contributed by atoms with Gasteiger partial charge in [0, 0.05) is 0 Å². The highest BCUT2D eigenvalue weighted by Gasteiger charge is 2.77. The summed E-state index contributed by atoms with van der Waals surface area (Å²) in [5.74, 6) is -4.00. The van der Waals surface area contributed by atoms with E-state index in [1.165, 1.54) is 18.2 Å². The van der Waals surface area contributed by atoms with E-state index in [1.807, 2.05) is 0 Å². The fraction of sp³-hybridized carbons (Fsp3) is 0.500. The summed E-state index contributed by atoms with van der Waals surface area (Å²) in [6.07, 6.45) is -0.0753. The highest BCUT2D eigenvalue weighted by atomic mass is 16.6. The molecule has 36 heavy (non-hydrogen) atoms. The first-order chi connectivity index (χ1) is 16.9. The Morgan fingerprint density at radius 1 is 0.917 bits per heavy atom. The van der Waals surface area contributed by atoms with Crippen molar-refractivity contribution in [1.29, 1.82) is 0 Å². The average Bonchev–Trinajstić information content (AvgIpc) is 3.28. The molecule has 1 heterocycles. The lowest BCUT2D eigenvalue weighted by atomic mass is 9.59. The number of imide groups is 1. The maximum absolute atomic E-state index is 14.4. The van der Waals surface area contributed by atoms with Gasteiger partial charge in [0.05, 0.1) is 31.1 Å². The molecule has 1 aliphatic carbocycles. The number of hydrogen-bond donors (Lipinski definition) is 0. The number of allylic oxidation sites excluding steroid dienone is 1. The summed E-state index contributed by atoms with van der Waals surface area (Å²) in [7, 11) is 0. The molecule has 0 unspecified atom stereocenters. The number of hydrogen-bond acceptors (Lipinski definition) is 9. The number of benzene rings is 1. The first kappa shape index (κ1) is 26.9. The van der Waals surface area contributed by atoms with Crippen molar-refractivity contribution < 1.29 is 42.9 Å². The van der Waals surface area contributed by atoms with Gasteiger partial charge in [-0.25, -0.2) is 14.5 Å². The standard InChI is InChI=1S/C26H31NO9/c1-7-33-19(28)17-14-15-25(21(30)34-8-2,22(31)35-9-3)26(17)16-12-10-11-13-18(16)27(20(26)29)23(32)36-24(4,5)6/h10-14H,7-9,15H2,1-6H3/t26-/m1/s1. The Morgan fingerprint density at radius 3 is 2.00 bits per heavy atom. The first-order valence-corrected chi connectivity index (χ1v) is 11.8. The van der Waals surface area contributed by atoms with Gasteiger partial charge >= 0.3 is 24.0 Å². The van der Waals surface area contributed by atoms with E-state index in [-0.39, 0.29) is 43.1 Å². The van der Waals surface area contributed by atoms with Crippen molar-refractivity contribution in [2.45, 2.75) is 59.0 Å². The smallest absolute Gasteiger partial charge is 0.421 e. The van der Waals surface area contributed by atoms with Gasteiger partial charge in [-0.3, -0.25) is 14.4 Å². The number of nitrogens with zero attached hydrogens (tertiary/aromatic N) is 1. The van der Waals surface area contributed by atoms with Crippen LogP contribution in [-0.4, -0.2) is 55.3 Å². The largest absolute Gasteiger partial charge is 0.465 e. The molecular weight excluding hydrogens is 470 g/mol. The fourth-order valence-electron chi connectivity index (χ4n) is 4.84. The third kappa shape index (κ3) is 3.84. The fourth-order valence-corrected chi connectivity index (χ4v) is 4.84. The number of fused-ring (bicyclic) bond motifs is 2. The number of carbonyl (C=O) groups excluding carboxylic acids is 5. The Labute approximate surface area is 209 Å². The molecule has 0 saturated carbocycles. The Balaban J connectivity index is 2.41. The number of anilines is 1. The van der Waals surface area contributed by atoms with Crippen LogP contribution in [0.15, 0.2) is 35.9 Å². The second kappa shape index (κ2) is 9.75. The normalized spacial score (nSPS) is 20.0. The van der Waals surface area contributed by atoms with Crippen molar-refractivity contribution in [2.24, 2.45) is 5.41 Å². The van der Waals surface area contributed by atoms with Crippen LogP contribution in [-0.2, 0) is 43.5 Å². The minimum atomic E-state index is -2.31. The van der Waals surface area contributed by atoms with Crippen LogP contribution < -0.4 is 4.90 Å². The van der Waals surface area contributed by atoms with Gasteiger partial charge in [0.1, 0.15) is 11.0 Å². The van der Waals surface area contributed by atoms with Crippen molar-refractivity contribution in [1.82, 2.24) is 0 Å². The third-order valence-electron chi connectivity index (χ3n) is 6.05. The Hall–Kier alpha value is -3.69. The summed E-state index contributed by atoms with van der Waals surface area (Å²) in [6, 6.07) is 6.13. The molecule has 10 nitrogen and oxygen atoms in total. The molecule has 1 spiro atoms. The molecule has 0 aromatic heterocycles. The molecule has 0 N–H and O–H groups in total. The van der Waals surface area contributed by atoms with E-state index >= 15 is 0 Å². The van der Waals surface area contributed by atoms with Crippen LogP contribution in [0.2, 0.25) is 0 Å². The summed E-state index contributed by atoms with van der Waals surface area (Å²) < 4.78 is 21.3. The van der Waals surface area contributed by atoms with E-state index in [1.54, 1.807) is 53.7 Å². The molecule has 2 aliphatic rings. The van der Waals surface area contributed by atoms with Crippen molar-refractivity contribution in [3.8, 4) is 0 Å². The van der Waals surface area contributed by atoms with Crippen LogP contribution in [0.4, 0.5) is 10.5 Å². The van der Waals surface area contributed by atoms with Crippen molar-refractivity contribution in [3.63, 3.8) is 0 Å². The zero-order valence-corrected chi connectivity index (χ0v) is 21.3. The van der Waals surface area contributed by atoms with Crippen LogP contribution in [0, 0.1) is 5.41 Å². The number of ether oxygens (including phenoxy) is 4. The van der Waals surface area contributed by atoms with Gasteiger partial charge in [-0.05, 0) is 59.6 Å². The summed E-state index contributed by atoms with van der Waals surface area (Å²) in [4.78, 5) is 69.0. The van der Waals surface area contributed by atoms with Crippen molar-refractivity contribution >= 4 is 35.6 Å². The van der Waals surface area contributed by atoms with Crippen LogP contribution in [0.5, 0.6) is 0 Å². The van der Waals surface area contributed by atoms with Crippen molar-refractivity contribution in [2.75, 3.05) is 24.7 Å². The number of carbonyl (C=O) groups is 5. The lowest BCUT2D eigenvalue weighted by molar-refractivity contribution is -0.178. The topological polar surface area (TPSA) is 126 Å². The summed E-state index contributed by atoms with van der Waals surface area (Å²) in [5, 5.41) is 0. The summed E-state index contributed by atoms with van der Waals surface area (Å²) in [5.41, 5.74) is -5.62. The predicted octanol–water partition coefficient (Wildman–Crippen LogP) is 3.21. The predicted molar refractivity (Wildman–Crippen MR) is 127 cm³/mol. The minimum absolute atomic E-state index is 0.0241. The molecule has 0 fully saturated rings. The monoisotopic (exact) mass is 501 g/mol. The molecule has 10 heteroatoms. The van der Waals surface area contributed by atoms with Gasteiger partial charge in [-0.1, -0.05) is 24.3 Å². The van der Waals surface area contributed by atoms with E-state index in [2.05, 4.69) is 0 Å². The maximum atomic E-state index is 14.4. The van der Waals surface area contributed by atoms with E-state index < -0.39 is 46.3 Å². The molecule has 3 rings (SSSR count). The molecule has 0 saturated heterocycles. The second-order valence-electron chi connectivity index (χ2n) is 9.28. The Kier molecular flexibility index (Phi) is 7.29. The molecule has 1 atom stereocenters. The molecule has 2 amide bonds. The average molecular weight is 502 g/mol. The van der Waals surface area contributed by atoms with Gasteiger partial charge in [0.25, 0.3) is 5.91 Å². The molecule has 1 aromatic carbocycles. The Morgan fingerprint density at radius 2 is 1.47 bits per heavy atom. The molecule has 0 bridgehead atoms. The van der Waals surface area contributed by atoms with E-state index in [0.29, 0.717) is 0 Å². The highest BCUT2D eigenvalue weighted by Crippen LogP contribution is 2.62. The van der Waals surface area contributed by atoms with Crippen LogP contribution >= 0.6 is 0 Å². The van der Waals surface area contributed by atoms with E-state index in [9.17, 15) is 24.0 Å². The zero-order valence-electron chi connectivity index (χ0n) is 21.3. The SMILES string of the molecule is CCOC(=O)C1=CCC(C(=O)OCC)(C(=O)OCC)[C@@]12C(=O)N(C(=O)OC(C)(C)C)c1ccccc12. The highest BCUT2D eigenvalue weighted by molar-refractivity contribution is 6.29. The number of esters is 3. The van der Waals surface area contributed by atoms with Gasteiger partial charge in [-0.15, -0.1) is 0 Å². The van der Waals surface area contributed by atoms with Crippen molar-refractivity contribution in [3.05, 3.63) is 41.5 Å². The summed E-state index contributed by atoms with van der Waals surface area (Å²) in [6.45, 7) is 9.36. The minimum Gasteiger partial charge on any atom is -0.465 e. The second-order valence-corrected chi connectivity index (χ2v) is 9.28. The zero-order chi connectivity index (χ0) is 26.9. The summed E-state index contributed by atoms with van der Waals surface area (Å²) >= 11 is 0. The Bertz CT molecular complexity index is 1110. The van der Waals surface area contributed by atoms with E-state index in [4.69, 9.17) is 18.9 Å². The molecular formula is C26H31NO9. The molecule has 1 aliphatic heterocycles. The van der Waals surface area contributed by atoms with E-state index in [0.717, 1.165) is 4.90 Å². The van der Waals surface area contributed by atoms with Gasteiger partial charge < -0.3 is 18.9 Å². The van der Waals surface area contributed by atoms with Gasteiger partial charge in [0.15, 0.2) is 5.41 Å². The quantitative estimate of drug-likeness (QED) is 0.328.